The van der Waals surface area contributed by atoms with E-state index in [-0.39, 0.29) is 16.9 Å². The predicted octanol–water partition coefficient (Wildman–Crippen LogP) is 0.591. The smallest absolute Gasteiger partial charge is 0.256 e. The number of rotatable bonds is 5. The van der Waals surface area contributed by atoms with Gasteiger partial charge in [-0.15, -0.1) is 0 Å². The van der Waals surface area contributed by atoms with Gasteiger partial charge in [0.05, 0.1) is 0 Å². The molecule has 0 radical (unpaired) electrons. The molecule has 98 valence electrons. The molecule has 1 aromatic rings. The number of aromatic amines is 1. The maximum absolute atomic E-state index is 11.7. The molecule has 0 atom stereocenters. The minimum atomic E-state index is -0.293. The van der Waals surface area contributed by atoms with E-state index in [1.807, 2.05) is 0 Å². The summed E-state index contributed by atoms with van der Waals surface area (Å²) in [4.78, 5) is 28.3. The fraction of sp³-hybridized carbons (Fsp3) is 0.538. The Morgan fingerprint density at radius 2 is 2.17 bits per heavy atom. The maximum atomic E-state index is 11.7. The number of hydrogen-bond donors (Lipinski definition) is 2. The summed E-state index contributed by atoms with van der Waals surface area (Å²) >= 11 is 0. The van der Waals surface area contributed by atoms with Gasteiger partial charge in [-0.25, -0.2) is 0 Å². The molecule has 2 N–H and O–H groups in total. The van der Waals surface area contributed by atoms with Gasteiger partial charge in [0.25, 0.3) is 5.91 Å². The SMILES string of the molecule is O=C(NCCCN1CCCC1)c1c[nH]ccc1=O. The third kappa shape index (κ3) is 3.43. The summed E-state index contributed by atoms with van der Waals surface area (Å²) in [6, 6.07) is 1.36. The van der Waals surface area contributed by atoms with Crippen molar-refractivity contribution in [2.75, 3.05) is 26.2 Å². The Balaban J connectivity index is 1.72. The van der Waals surface area contributed by atoms with E-state index in [0.29, 0.717) is 6.54 Å². The molecule has 1 amide bonds. The van der Waals surface area contributed by atoms with Crippen LogP contribution in [0.4, 0.5) is 0 Å². The Kier molecular flexibility index (Phi) is 4.52. The van der Waals surface area contributed by atoms with Crippen LogP contribution in [0, 0.1) is 0 Å². The highest BCUT2D eigenvalue weighted by Crippen LogP contribution is 2.06. The van der Waals surface area contributed by atoms with E-state index >= 15 is 0 Å². The van der Waals surface area contributed by atoms with Crippen molar-refractivity contribution in [2.24, 2.45) is 0 Å². The number of H-pyrrole nitrogens is 1. The molecule has 18 heavy (non-hydrogen) atoms. The molecule has 1 aliphatic rings. The Morgan fingerprint density at radius 1 is 1.39 bits per heavy atom. The van der Waals surface area contributed by atoms with Crippen LogP contribution in [0.3, 0.4) is 0 Å². The molecule has 1 aromatic heterocycles. The van der Waals surface area contributed by atoms with Crippen LogP contribution >= 0.6 is 0 Å². The molecular weight excluding hydrogens is 230 g/mol. The van der Waals surface area contributed by atoms with Crippen LogP contribution in [0.5, 0.6) is 0 Å². The maximum Gasteiger partial charge on any atom is 0.256 e. The van der Waals surface area contributed by atoms with Gasteiger partial charge in [-0.3, -0.25) is 9.59 Å². The number of hydrogen-bond acceptors (Lipinski definition) is 3. The lowest BCUT2D eigenvalue weighted by Crippen LogP contribution is -2.31. The van der Waals surface area contributed by atoms with E-state index in [1.54, 1.807) is 0 Å². The zero-order valence-electron chi connectivity index (χ0n) is 10.4. The number of aromatic nitrogens is 1. The second-order valence-electron chi connectivity index (χ2n) is 4.58. The second kappa shape index (κ2) is 6.35. The molecule has 5 heteroatoms. The summed E-state index contributed by atoms with van der Waals surface area (Å²) in [5.41, 5.74) is -0.0653. The fourth-order valence-corrected chi connectivity index (χ4v) is 2.20. The molecule has 1 fully saturated rings. The molecule has 2 heterocycles. The average molecular weight is 249 g/mol. The molecule has 0 saturated carbocycles. The second-order valence-corrected chi connectivity index (χ2v) is 4.58. The normalized spacial score (nSPS) is 15.8. The summed E-state index contributed by atoms with van der Waals surface area (Å²) in [5.74, 6) is -0.293. The first-order valence-electron chi connectivity index (χ1n) is 6.45. The first-order valence-corrected chi connectivity index (χ1v) is 6.45. The molecule has 0 unspecified atom stereocenters. The highest BCUT2D eigenvalue weighted by molar-refractivity contribution is 5.93. The molecular formula is C13H19N3O2. The monoisotopic (exact) mass is 249 g/mol. The highest BCUT2D eigenvalue weighted by atomic mass is 16.2. The fourth-order valence-electron chi connectivity index (χ4n) is 2.20. The Labute approximate surface area is 106 Å². The molecule has 1 aliphatic heterocycles. The Bertz CT molecular complexity index is 450. The van der Waals surface area contributed by atoms with Crippen LogP contribution in [-0.4, -0.2) is 42.0 Å². The number of nitrogens with one attached hydrogen (secondary N) is 2. The first kappa shape index (κ1) is 12.8. The van der Waals surface area contributed by atoms with Gasteiger partial charge < -0.3 is 15.2 Å². The van der Waals surface area contributed by atoms with Gasteiger partial charge in [-0.2, -0.15) is 0 Å². The quantitative estimate of drug-likeness (QED) is 0.751. The van der Waals surface area contributed by atoms with Gasteiger partial charge in [-0.05, 0) is 38.9 Å². The highest BCUT2D eigenvalue weighted by Gasteiger charge is 2.11. The largest absolute Gasteiger partial charge is 0.367 e. The van der Waals surface area contributed by atoms with E-state index in [1.165, 1.54) is 44.4 Å². The number of nitrogens with zero attached hydrogens (tertiary/aromatic N) is 1. The van der Waals surface area contributed by atoms with Crippen molar-refractivity contribution in [3.8, 4) is 0 Å². The molecule has 5 nitrogen and oxygen atoms in total. The molecule has 0 spiro atoms. The van der Waals surface area contributed by atoms with E-state index in [9.17, 15) is 9.59 Å². The predicted molar refractivity (Wildman–Crippen MR) is 69.7 cm³/mol. The van der Waals surface area contributed by atoms with Crippen LogP contribution in [0.15, 0.2) is 23.3 Å². The summed E-state index contributed by atoms with van der Waals surface area (Å²) in [6.07, 6.45) is 6.46. The van der Waals surface area contributed by atoms with Crippen LogP contribution in [0.2, 0.25) is 0 Å². The number of amides is 1. The van der Waals surface area contributed by atoms with E-state index in [0.717, 1.165) is 13.0 Å². The number of likely N-dealkylation sites (tertiary alicyclic amines) is 1. The van der Waals surface area contributed by atoms with Crippen molar-refractivity contribution >= 4 is 5.91 Å². The summed E-state index contributed by atoms with van der Waals surface area (Å²) in [7, 11) is 0. The van der Waals surface area contributed by atoms with Gasteiger partial charge in [-0.1, -0.05) is 0 Å². The topological polar surface area (TPSA) is 65.2 Å². The van der Waals surface area contributed by atoms with Gasteiger partial charge in [0.1, 0.15) is 5.56 Å². The van der Waals surface area contributed by atoms with E-state index in [4.69, 9.17) is 0 Å². The lowest BCUT2D eigenvalue weighted by Gasteiger charge is -2.14. The summed E-state index contributed by atoms with van der Waals surface area (Å²) in [5, 5.41) is 2.78. The van der Waals surface area contributed by atoms with Crippen LogP contribution in [-0.2, 0) is 0 Å². The minimum Gasteiger partial charge on any atom is -0.367 e. The summed E-state index contributed by atoms with van der Waals surface area (Å²) in [6.45, 7) is 3.98. The first-order chi connectivity index (χ1) is 8.77. The summed E-state index contributed by atoms with van der Waals surface area (Å²) < 4.78 is 0. The zero-order chi connectivity index (χ0) is 12.8. The third-order valence-corrected chi connectivity index (χ3v) is 3.20. The molecule has 0 aliphatic carbocycles. The van der Waals surface area contributed by atoms with Crippen LogP contribution in [0.25, 0.3) is 0 Å². The molecule has 1 saturated heterocycles. The minimum absolute atomic E-state index is 0.179. The van der Waals surface area contributed by atoms with Gasteiger partial charge in [0, 0.05) is 25.0 Å². The van der Waals surface area contributed by atoms with Crippen molar-refractivity contribution in [1.29, 1.82) is 0 Å². The number of pyridine rings is 1. The standard InChI is InChI=1S/C13H19N3O2/c17-12-4-6-14-10-11(12)13(18)15-5-3-9-16-7-1-2-8-16/h4,6,10H,1-3,5,7-9H2,(H,14,17)(H,15,18). The van der Waals surface area contributed by atoms with Crippen LogP contribution < -0.4 is 10.7 Å². The average Bonchev–Trinajstić information content (AvgIpc) is 2.88. The van der Waals surface area contributed by atoms with Crippen molar-refractivity contribution < 1.29 is 4.79 Å². The van der Waals surface area contributed by atoms with Crippen molar-refractivity contribution in [3.63, 3.8) is 0 Å². The van der Waals surface area contributed by atoms with Gasteiger partial charge in [0.15, 0.2) is 5.43 Å². The molecule has 0 aromatic carbocycles. The van der Waals surface area contributed by atoms with Crippen LogP contribution in [0.1, 0.15) is 29.6 Å². The van der Waals surface area contributed by atoms with Crippen molar-refractivity contribution in [1.82, 2.24) is 15.2 Å². The van der Waals surface area contributed by atoms with E-state index in [2.05, 4.69) is 15.2 Å². The Hall–Kier alpha value is -1.62. The number of carbonyl (C=O) groups excluding carboxylic acids is 1. The van der Waals surface area contributed by atoms with Crippen molar-refractivity contribution in [3.05, 3.63) is 34.2 Å². The van der Waals surface area contributed by atoms with Gasteiger partial charge in [0.2, 0.25) is 0 Å². The lowest BCUT2D eigenvalue weighted by molar-refractivity contribution is 0.0950. The Morgan fingerprint density at radius 3 is 2.89 bits per heavy atom. The molecule has 0 bridgehead atoms. The molecule has 2 rings (SSSR count). The zero-order valence-corrected chi connectivity index (χ0v) is 10.4. The number of carbonyl (C=O) groups is 1. The lowest BCUT2D eigenvalue weighted by atomic mass is 10.2. The van der Waals surface area contributed by atoms with Crippen molar-refractivity contribution in [2.45, 2.75) is 19.3 Å². The third-order valence-electron chi connectivity index (χ3n) is 3.20. The van der Waals surface area contributed by atoms with Gasteiger partial charge >= 0.3 is 0 Å². The van der Waals surface area contributed by atoms with E-state index < -0.39 is 0 Å².